The first-order chi connectivity index (χ1) is 10.5. The van der Waals surface area contributed by atoms with Crippen molar-refractivity contribution in [2.75, 3.05) is 0 Å². The van der Waals surface area contributed by atoms with Crippen LogP contribution in [-0.2, 0) is 17.6 Å². The van der Waals surface area contributed by atoms with E-state index < -0.39 is 5.78 Å². The van der Waals surface area contributed by atoms with Gasteiger partial charge in [-0.2, -0.15) is 0 Å². The molecule has 0 amide bonds. The SMILES string of the molecule is CC(=O)C(=O)c1cc2c(cc1Br)CC(C1CCC(C)CC1)C2. The Balaban J connectivity index is 1.79. The van der Waals surface area contributed by atoms with Crippen molar-refractivity contribution in [3.8, 4) is 0 Å². The van der Waals surface area contributed by atoms with E-state index in [2.05, 4.69) is 28.9 Å². The summed E-state index contributed by atoms with van der Waals surface area (Å²) in [5.74, 6) is 1.65. The second-order valence-electron chi connectivity index (χ2n) is 7.17. The van der Waals surface area contributed by atoms with Crippen molar-refractivity contribution in [2.24, 2.45) is 17.8 Å². The number of ketones is 2. The highest BCUT2D eigenvalue weighted by Crippen LogP contribution is 2.41. The van der Waals surface area contributed by atoms with E-state index >= 15 is 0 Å². The molecule has 0 bridgehead atoms. The van der Waals surface area contributed by atoms with Gasteiger partial charge in [-0.15, -0.1) is 0 Å². The van der Waals surface area contributed by atoms with E-state index in [1.54, 1.807) is 0 Å². The fourth-order valence-corrected chi connectivity index (χ4v) is 4.70. The standard InChI is InChI=1S/C19H23BrO2/c1-11-3-5-13(6-4-11)14-7-15-9-17(19(22)12(2)21)18(20)10-16(15)8-14/h9-11,13-14H,3-8H2,1-2H3. The molecule has 0 saturated heterocycles. The zero-order chi connectivity index (χ0) is 15.9. The summed E-state index contributed by atoms with van der Waals surface area (Å²) in [6, 6.07) is 4.02. The third kappa shape index (κ3) is 3.05. The van der Waals surface area contributed by atoms with Crippen molar-refractivity contribution in [3.63, 3.8) is 0 Å². The average molecular weight is 363 g/mol. The monoisotopic (exact) mass is 362 g/mol. The molecule has 1 atom stereocenters. The third-order valence-electron chi connectivity index (χ3n) is 5.55. The van der Waals surface area contributed by atoms with Crippen LogP contribution in [0.1, 0.15) is 61.0 Å². The Kier molecular flexibility index (Phi) is 4.54. The number of carbonyl (C=O) groups excluding carboxylic acids is 2. The van der Waals surface area contributed by atoms with E-state index in [4.69, 9.17) is 0 Å². The van der Waals surface area contributed by atoms with Crippen LogP contribution in [0.3, 0.4) is 0 Å². The van der Waals surface area contributed by atoms with Crippen LogP contribution in [0.25, 0.3) is 0 Å². The van der Waals surface area contributed by atoms with Crippen molar-refractivity contribution in [3.05, 3.63) is 33.3 Å². The van der Waals surface area contributed by atoms with Gasteiger partial charge >= 0.3 is 0 Å². The van der Waals surface area contributed by atoms with Crippen LogP contribution in [0.15, 0.2) is 16.6 Å². The van der Waals surface area contributed by atoms with Gasteiger partial charge in [0.25, 0.3) is 0 Å². The third-order valence-corrected chi connectivity index (χ3v) is 6.20. The minimum Gasteiger partial charge on any atom is -0.291 e. The van der Waals surface area contributed by atoms with Gasteiger partial charge in [0.05, 0.1) is 0 Å². The molecule has 0 radical (unpaired) electrons. The van der Waals surface area contributed by atoms with Gasteiger partial charge in [-0.3, -0.25) is 9.59 Å². The maximum atomic E-state index is 12.0. The highest BCUT2D eigenvalue weighted by Gasteiger charge is 2.32. The van der Waals surface area contributed by atoms with Gasteiger partial charge in [0.1, 0.15) is 0 Å². The molecule has 0 N–H and O–H groups in total. The summed E-state index contributed by atoms with van der Waals surface area (Å²) in [5.41, 5.74) is 3.16. The molecule has 3 heteroatoms. The lowest BCUT2D eigenvalue weighted by atomic mass is 9.75. The van der Waals surface area contributed by atoms with Gasteiger partial charge in [-0.1, -0.05) is 35.7 Å². The molecule has 1 saturated carbocycles. The molecule has 0 heterocycles. The van der Waals surface area contributed by atoms with E-state index in [9.17, 15) is 9.59 Å². The number of rotatable bonds is 3. The summed E-state index contributed by atoms with van der Waals surface area (Å²) >= 11 is 3.47. The number of benzene rings is 1. The zero-order valence-corrected chi connectivity index (χ0v) is 14.9. The van der Waals surface area contributed by atoms with E-state index in [-0.39, 0.29) is 5.78 Å². The Bertz CT molecular complexity index is 612. The Hall–Kier alpha value is -0.960. The molecule has 1 aromatic rings. The molecular weight excluding hydrogens is 340 g/mol. The summed E-state index contributed by atoms with van der Waals surface area (Å²) < 4.78 is 0.768. The molecule has 1 fully saturated rings. The van der Waals surface area contributed by atoms with Crippen molar-refractivity contribution < 1.29 is 9.59 Å². The predicted octanol–water partition coefficient (Wildman–Crippen LogP) is 4.76. The van der Waals surface area contributed by atoms with Crippen LogP contribution in [0.5, 0.6) is 0 Å². The topological polar surface area (TPSA) is 34.1 Å². The van der Waals surface area contributed by atoms with Gasteiger partial charge in [-0.05, 0) is 66.7 Å². The Morgan fingerprint density at radius 3 is 2.18 bits per heavy atom. The molecule has 1 unspecified atom stereocenters. The van der Waals surface area contributed by atoms with E-state index in [1.807, 2.05) is 6.07 Å². The minimum atomic E-state index is -0.392. The van der Waals surface area contributed by atoms with E-state index in [0.29, 0.717) is 5.56 Å². The summed E-state index contributed by atoms with van der Waals surface area (Å²) in [6.07, 6.45) is 7.60. The lowest BCUT2D eigenvalue weighted by Crippen LogP contribution is -2.21. The molecule has 2 aliphatic rings. The smallest absolute Gasteiger partial charge is 0.229 e. The van der Waals surface area contributed by atoms with Crippen molar-refractivity contribution in [1.82, 2.24) is 0 Å². The fraction of sp³-hybridized carbons (Fsp3) is 0.579. The van der Waals surface area contributed by atoms with E-state index in [0.717, 1.165) is 35.1 Å². The highest BCUT2D eigenvalue weighted by molar-refractivity contribution is 9.10. The molecule has 0 spiro atoms. The summed E-state index contributed by atoms with van der Waals surface area (Å²) in [7, 11) is 0. The fourth-order valence-electron chi connectivity index (χ4n) is 4.13. The van der Waals surface area contributed by atoms with Crippen LogP contribution in [0.4, 0.5) is 0 Å². The van der Waals surface area contributed by atoms with Crippen LogP contribution < -0.4 is 0 Å². The normalized spacial score (nSPS) is 27.5. The summed E-state index contributed by atoms with van der Waals surface area (Å²) in [6.45, 7) is 3.70. The van der Waals surface area contributed by atoms with Gasteiger partial charge in [0, 0.05) is 17.0 Å². The largest absolute Gasteiger partial charge is 0.291 e. The molecule has 2 aliphatic carbocycles. The molecular formula is C19H23BrO2. The van der Waals surface area contributed by atoms with Gasteiger partial charge in [-0.25, -0.2) is 0 Å². The Morgan fingerprint density at radius 2 is 1.59 bits per heavy atom. The van der Waals surface area contributed by atoms with Crippen molar-refractivity contribution >= 4 is 27.5 Å². The minimum absolute atomic E-state index is 0.385. The Labute approximate surface area is 140 Å². The highest BCUT2D eigenvalue weighted by atomic mass is 79.9. The first-order valence-corrected chi connectivity index (χ1v) is 9.11. The van der Waals surface area contributed by atoms with Gasteiger partial charge in [0.15, 0.2) is 5.78 Å². The zero-order valence-electron chi connectivity index (χ0n) is 13.3. The van der Waals surface area contributed by atoms with Crippen LogP contribution in [0.2, 0.25) is 0 Å². The second kappa shape index (κ2) is 6.27. The first kappa shape index (κ1) is 15.9. The van der Waals surface area contributed by atoms with Gasteiger partial charge < -0.3 is 0 Å². The lowest BCUT2D eigenvalue weighted by Gasteiger charge is -2.30. The molecule has 2 nitrogen and oxygen atoms in total. The van der Waals surface area contributed by atoms with Crippen molar-refractivity contribution in [1.29, 1.82) is 0 Å². The molecule has 118 valence electrons. The van der Waals surface area contributed by atoms with Gasteiger partial charge in [0.2, 0.25) is 5.78 Å². The number of hydrogen-bond acceptors (Lipinski definition) is 2. The van der Waals surface area contributed by atoms with E-state index in [1.165, 1.54) is 43.7 Å². The lowest BCUT2D eigenvalue weighted by molar-refractivity contribution is -0.113. The number of Topliss-reactive ketones (excluding diaryl/α,β-unsaturated/α-hetero) is 2. The number of fused-ring (bicyclic) bond motifs is 1. The predicted molar refractivity (Wildman–Crippen MR) is 91.2 cm³/mol. The average Bonchev–Trinajstić information content (AvgIpc) is 2.89. The Morgan fingerprint density at radius 1 is 1.00 bits per heavy atom. The molecule has 1 aromatic carbocycles. The number of halogens is 1. The quantitative estimate of drug-likeness (QED) is 0.573. The summed E-state index contributed by atoms with van der Waals surface area (Å²) in [4.78, 5) is 23.4. The molecule has 3 rings (SSSR count). The maximum absolute atomic E-state index is 12.0. The molecule has 22 heavy (non-hydrogen) atoms. The summed E-state index contributed by atoms with van der Waals surface area (Å²) in [5, 5.41) is 0. The second-order valence-corrected chi connectivity index (χ2v) is 8.03. The molecule has 0 aromatic heterocycles. The number of carbonyl (C=O) groups is 2. The first-order valence-electron chi connectivity index (χ1n) is 8.32. The van der Waals surface area contributed by atoms with Crippen LogP contribution >= 0.6 is 15.9 Å². The maximum Gasteiger partial charge on any atom is 0.229 e. The van der Waals surface area contributed by atoms with Crippen LogP contribution in [-0.4, -0.2) is 11.6 Å². The van der Waals surface area contributed by atoms with Crippen molar-refractivity contribution in [2.45, 2.75) is 52.4 Å². The number of hydrogen-bond donors (Lipinski definition) is 0. The van der Waals surface area contributed by atoms with Crippen LogP contribution in [0, 0.1) is 17.8 Å². The molecule has 0 aliphatic heterocycles.